The van der Waals surface area contributed by atoms with E-state index in [1.807, 2.05) is 24.3 Å². The van der Waals surface area contributed by atoms with Gasteiger partial charge in [0.2, 0.25) is 5.88 Å². The van der Waals surface area contributed by atoms with Gasteiger partial charge in [-0.25, -0.2) is 0 Å². The van der Waals surface area contributed by atoms with Crippen LogP contribution in [0.5, 0.6) is 0 Å². The average Bonchev–Trinajstić information content (AvgIpc) is 2.78. The van der Waals surface area contributed by atoms with Crippen molar-refractivity contribution >= 4 is 27.7 Å². The van der Waals surface area contributed by atoms with Gasteiger partial charge in [0.1, 0.15) is 12.3 Å². The highest BCUT2D eigenvalue weighted by molar-refractivity contribution is 9.10. The molecule has 0 aliphatic carbocycles. The van der Waals surface area contributed by atoms with Crippen LogP contribution in [-0.2, 0) is 9.53 Å². The molecule has 0 bridgehead atoms. The molecule has 6 heteroatoms. The number of amides is 1. The quantitative estimate of drug-likeness (QED) is 0.943. The minimum atomic E-state index is -0.285. The Labute approximate surface area is 112 Å². The molecule has 0 fully saturated rings. The number of benzene rings is 1. The summed E-state index contributed by atoms with van der Waals surface area (Å²) in [7, 11) is 1.45. The monoisotopic (exact) mass is 310 g/mol. The summed E-state index contributed by atoms with van der Waals surface area (Å²) in [5, 5.41) is 6.44. The molecule has 1 aromatic carbocycles. The second-order valence-corrected chi connectivity index (χ2v) is 4.39. The van der Waals surface area contributed by atoms with Crippen molar-refractivity contribution in [2.24, 2.45) is 0 Å². The van der Waals surface area contributed by atoms with E-state index in [9.17, 15) is 4.79 Å². The zero-order valence-electron chi connectivity index (χ0n) is 9.64. The highest BCUT2D eigenvalue weighted by Crippen LogP contribution is 2.28. The van der Waals surface area contributed by atoms with Gasteiger partial charge in [-0.1, -0.05) is 39.3 Å². The van der Waals surface area contributed by atoms with Crippen LogP contribution in [0.25, 0.3) is 11.3 Å². The maximum atomic E-state index is 11.3. The lowest BCUT2D eigenvalue weighted by atomic mass is 10.1. The lowest BCUT2D eigenvalue weighted by Crippen LogP contribution is -2.16. The Balaban J connectivity index is 2.16. The van der Waals surface area contributed by atoms with E-state index >= 15 is 0 Å². The second-order valence-electron chi connectivity index (χ2n) is 3.54. The molecule has 94 valence electrons. The number of nitrogens with zero attached hydrogens (tertiary/aromatic N) is 1. The largest absolute Gasteiger partial charge is 0.375 e. The summed E-state index contributed by atoms with van der Waals surface area (Å²) < 4.78 is 10.6. The molecule has 1 amide bonds. The summed E-state index contributed by atoms with van der Waals surface area (Å²) >= 11 is 3.43. The van der Waals surface area contributed by atoms with Gasteiger partial charge in [0.25, 0.3) is 5.91 Å². The fraction of sp³-hybridized carbons (Fsp3) is 0.167. The van der Waals surface area contributed by atoms with E-state index in [0.717, 1.165) is 10.0 Å². The maximum absolute atomic E-state index is 11.3. The van der Waals surface area contributed by atoms with Crippen LogP contribution in [0, 0.1) is 0 Å². The average molecular weight is 311 g/mol. The van der Waals surface area contributed by atoms with E-state index in [0.29, 0.717) is 11.6 Å². The summed E-state index contributed by atoms with van der Waals surface area (Å²) in [5.41, 5.74) is 1.55. The smallest absolute Gasteiger partial charge is 0.252 e. The maximum Gasteiger partial charge on any atom is 0.252 e. The van der Waals surface area contributed by atoms with Crippen LogP contribution in [0.1, 0.15) is 0 Å². The number of anilines is 1. The highest BCUT2D eigenvalue weighted by Gasteiger charge is 2.11. The van der Waals surface area contributed by atoms with Crippen LogP contribution in [-0.4, -0.2) is 24.8 Å². The molecule has 2 aromatic rings. The Kier molecular flexibility index (Phi) is 4.11. The molecule has 0 spiro atoms. The van der Waals surface area contributed by atoms with Crippen molar-refractivity contribution in [1.82, 2.24) is 5.16 Å². The predicted octanol–water partition coefficient (Wildman–Crippen LogP) is 2.69. The van der Waals surface area contributed by atoms with E-state index in [-0.39, 0.29) is 12.5 Å². The molecule has 0 aliphatic rings. The third-order valence-corrected chi connectivity index (χ3v) is 2.89. The Hall–Kier alpha value is -1.66. The molecule has 0 atom stereocenters. The van der Waals surface area contributed by atoms with Gasteiger partial charge in [0.05, 0.1) is 0 Å². The molecule has 1 N–H and O–H groups in total. The Morgan fingerprint density at radius 2 is 2.28 bits per heavy atom. The predicted molar refractivity (Wildman–Crippen MR) is 70.1 cm³/mol. The van der Waals surface area contributed by atoms with E-state index in [4.69, 9.17) is 9.26 Å². The van der Waals surface area contributed by atoms with E-state index in [2.05, 4.69) is 26.4 Å². The van der Waals surface area contributed by atoms with Gasteiger partial charge >= 0.3 is 0 Å². The van der Waals surface area contributed by atoms with Gasteiger partial charge in [0, 0.05) is 23.2 Å². The van der Waals surface area contributed by atoms with Crippen LogP contribution in [0.3, 0.4) is 0 Å². The van der Waals surface area contributed by atoms with Gasteiger partial charge in [-0.2, -0.15) is 0 Å². The second kappa shape index (κ2) is 5.79. The molecule has 0 aliphatic heterocycles. The first kappa shape index (κ1) is 12.8. The SMILES string of the molecule is COCC(=O)Nc1cc(-c2ccccc2Br)no1. The first-order valence-corrected chi connectivity index (χ1v) is 6.00. The van der Waals surface area contributed by atoms with E-state index in [1.54, 1.807) is 6.07 Å². The van der Waals surface area contributed by atoms with Crippen molar-refractivity contribution in [3.8, 4) is 11.3 Å². The summed E-state index contributed by atoms with van der Waals surface area (Å²) in [5.74, 6) is 0.00938. The Morgan fingerprint density at radius 1 is 1.50 bits per heavy atom. The third-order valence-electron chi connectivity index (χ3n) is 2.20. The number of carbonyl (C=O) groups is 1. The normalized spacial score (nSPS) is 10.3. The standard InChI is InChI=1S/C12H11BrN2O3/c1-17-7-11(16)14-12-6-10(15-18-12)8-4-2-3-5-9(8)13/h2-6H,7H2,1H3,(H,14,16). The first-order valence-electron chi connectivity index (χ1n) is 5.21. The molecule has 0 saturated heterocycles. The molecule has 2 rings (SSSR count). The van der Waals surface area contributed by atoms with E-state index < -0.39 is 0 Å². The van der Waals surface area contributed by atoms with Crippen LogP contribution in [0.15, 0.2) is 39.3 Å². The minimum absolute atomic E-state index is 0.0228. The lowest BCUT2D eigenvalue weighted by Gasteiger charge is -1.98. The van der Waals surface area contributed by atoms with Gasteiger partial charge in [-0.05, 0) is 6.07 Å². The lowest BCUT2D eigenvalue weighted by molar-refractivity contribution is -0.119. The molecule has 5 nitrogen and oxygen atoms in total. The third kappa shape index (κ3) is 2.96. The van der Waals surface area contributed by atoms with Crippen molar-refractivity contribution in [3.05, 3.63) is 34.8 Å². The fourth-order valence-corrected chi connectivity index (χ4v) is 1.92. The molecular formula is C12H11BrN2O3. The molecule has 0 radical (unpaired) electrons. The molecule has 1 heterocycles. The number of aromatic nitrogens is 1. The first-order chi connectivity index (χ1) is 8.70. The summed E-state index contributed by atoms with van der Waals surface area (Å²) in [4.78, 5) is 11.3. The summed E-state index contributed by atoms with van der Waals surface area (Å²) in [6, 6.07) is 9.29. The van der Waals surface area contributed by atoms with Crippen LogP contribution < -0.4 is 5.32 Å². The molecule has 1 aromatic heterocycles. The number of rotatable bonds is 4. The van der Waals surface area contributed by atoms with Crippen molar-refractivity contribution in [2.75, 3.05) is 19.0 Å². The number of hydrogen-bond acceptors (Lipinski definition) is 4. The van der Waals surface area contributed by atoms with Crippen molar-refractivity contribution in [2.45, 2.75) is 0 Å². The van der Waals surface area contributed by atoms with Crippen molar-refractivity contribution in [1.29, 1.82) is 0 Å². The molecule has 18 heavy (non-hydrogen) atoms. The molecular weight excluding hydrogens is 300 g/mol. The minimum Gasteiger partial charge on any atom is -0.375 e. The zero-order valence-corrected chi connectivity index (χ0v) is 11.2. The van der Waals surface area contributed by atoms with Gasteiger partial charge in [-0.15, -0.1) is 0 Å². The number of nitrogens with one attached hydrogen (secondary N) is 1. The van der Waals surface area contributed by atoms with E-state index in [1.165, 1.54) is 7.11 Å². The number of halogens is 1. The van der Waals surface area contributed by atoms with Gasteiger partial charge in [0.15, 0.2) is 0 Å². The van der Waals surface area contributed by atoms with Gasteiger partial charge in [-0.3, -0.25) is 10.1 Å². The summed E-state index contributed by atoms with van der Waals surface area (Å²) in [6.07, 6.45) is 0. The number of ether oxygens (including phenoxy) is 1. The number of methoxy groups -OCH3 is 1. The molecule has 0 unspecified atom stereocenters. The molecule has 0 saturated carbocycles. The van der Waals surface area contributed by atoms with Crippen molar-refractivity contribution in [3.63, 3.8) is 0 Å². The Morgan fingerprint density at radius 3 is 3.00 bits per heavy atom. The van der Waals surface area contributed by atoms with Crippen LogP contribution in [0.4, 0.5) is 5.88 Å². The highest BCUT2D eigenvalue weighted by atomic mass is 79.9. The van der Waals surface area contributed by atoms with Gasteiger partial charge < -0.3 is 9.26 Å². The van der Waals surface area contributed by atoms with Crippen LogP contribution >= 0.6 is 15.9 Å². The topological polar surface area (TPSA) is 64.4 Å². The van der Waals surface area contributed by atoms with Crippen molar-refractivity contribution < 1.29 is 14.1 Å². The zero-order chi connectivity index (χ0) is 13.0. The summed E-state index contributed by atoms with van der Waals surface area (Å²) in [6.45, 7) is -0.0228. The fourth-order valence-electron chi connectivity index (χ4n) is 1.43. The number of carbonyl (C=O) groups excluding carboxylic acids is 1. The van der Waals surface area contributed by atoms with Crippen LogP contribution in [0.2, 0.25) is 0 Å². The number of hydrogen-bond donors (Lipinski definition) is 1. The Bertz CT molecular complexity index is 554.